The van der Waals surface area contributed by atoms with Crippen LogP contribution in [0.25, 0.3) is 0 Å². The fourth-order valence-electron chi connectivity index (χ4n) is 4.77. The van der Waals surface area contributed by atoms with Crippen molar-refractivity contribution in [2.24, 2.45) is 5.92 Å². The van der Waals surface area contributed by atoms with Gasteiger partial charge in [0, 0.05) is 26.2 Å². The molecule has 1 aromatic carbocycles. The Morgan fingerprint density at radius 1 is 1.10 bits per heavy atom. The summed E-state index contributed by atoms with van der Waals surface area (Å²) < 4.78 is 20.6. The Bertz CT molecular complexity index is 770. The van der Waals surface area contributed by atoms with Crippen molar-refractivity contribution in [2.45, 2.75) is 44.4 Å². The van der Waals surface area contributed by atoms with Gasteiger partial charge < -0.3 is 14.5 Å². The fourth-order valence-corrected chi connectivity index (χ4v) is 4.77. The van der Waals surface area contributed by atoms with Crippen molar-refractivity contribution >= 4 is 11.8 Å². The quantitative estimate of drug-likeness (QED) is 0.761. The number of nitrogens with zero attached hydrogens (tertiary/aromatic N) is 3. The maximum Gasteiger partial charge on any atom is 0.259 e. The van der Waals surface area contributed by atoms with Crippen LogP contribution in [0, 0.1) is 11.7 Å². The highest BCUT2D eigenvalue weighted by Gasteiger charge is 2.54. The summed E-state index contributed by atoms with van der Waals surface area (Å²) in [5.74, 6) is -0.530. The normalized spacial score (nSPS) is 30.7. The minimum Gasteiger partial charge on any atom is -0.353 e. The van der Waals surface area contributed by atoms with Gasteiger partial charge in [0.1, 0.15) is 17.6 Å². The van der Waals surface area contributed by atoms with E-state index in [2.05, 4.69) is 11.8 Å². The molecule has 0 bridgehead atoms. The monoisotopic (exact) mass is 403 g/mol. The molecule has 6 nitrogen and oxygen atoms in total. The van der Waals surface area contributed by atoms with Gasteiger partial charge >= 0.3 is 0 Å². The van der Waals surface area contributed by atoms with E-state index in [1.165, 1.54) is 12.1 Å². The highest BCUT2D eigenvalue weighted by Crippen LogP contribution is 2.43. The molecule has 2 amide bonds. The molecule has 1 saturated carbocycles. The van der Waals surface area contributed by atoms with Gasteiger partial charge in [-0.25, -0.2) is 4.39 Å². The molecule has 0 unspecified atom stereocenters. The Labute approximate surface area is 171 Å². The zero-order valence-electron chi connectivity index (χ0n) is 17.3. The number of piperazine rings is 1. The summed E-state index contributed by atoms with van der Waals surface area (Å²) in [6, 6.07) is 5.31. The van der Waals surface area contributed by atoms with Crippen LogP contribution in [0.3, 0.4) is 0 Å². The third-order valence-corrected chi connectivity index (χ3v) is 6.74. The lowest BCUT2D eigenvalue weighted by Crippen LogP contribution is -2.59. The molecule has 3 aliphatic rings. The Morgan fingerprint density at radius 2 is 1.76 bits per heavy atom. The summed E-state index contributed by atoms with van der Waals surface area (Å²) in [6.45, 7) is 5.26. The molecule has 3 fully saturated rings. The molecular formula is C22H30FN3O3. The Kier molecular flexibility index (Phi) is 5.62. The van der Waals surface area contributed by atoms with Gasteiger partial charge in [-0.2, -0.15) is 0 Å². The number of carbonyl (C=O) groups is 2. The first-order chi connectivity index (χ1) is 13.9. The maximum atomic E-state index is 14.4. The molecule has 158 valence electrons. The van der Waals surface area contributed by atoms with Crippen LogP contribution in [-0.2, 0) is 9.53 Å². The lowest BCUT2D eigenvalue weighted by molar-refractivity contribution is -0.139. The fraction of sp³-hybridized carbons (Fsp3) is 0.636. The van der Waals surface area contributed by atoms with E-state index in [9.17, 15) is 14.0 Å². The lowest BCUT2D eigenvalue weighted by Gasteiger charge is -2.44. The molecule has 0 aromatic heterocycles. The topological polar surface area (TPSA) is 53.1 Å². The number of amides is 2. The number of carbonyl (C=O) groups excluding carboxylic acids is 2. The molecule has 1 aromatic rings. The van der Waals surface area contributed by atoms with E-state index in [-0.39, 0.29) is 18.1 Å². The van der Waals surface area contributed by atoms with Crippen molar-refractivity contribution in [3.63, 3.8) is 0 Å². The largest absolute Gasteiger partial charge is 0.353 e. The second-order valence-corrected chi connectivity index (χ2v) is 8.74. The predicted molar refractivity (Wildman–Crippen MR) is 107 cm³/mol. The van der Waals surface area contributed by atoms with E-state index in [0.29, 0.717) is 31.8 Å². The van der Waals surface area contributed by atoms with Crippen LogP contribution in [0.15, 0.2) is 24.3 Å². The van der Waals surface area contributed by atoms with Crippen molar-refractivity contribution < 1.29 is 18.7 Å². The summed E-state index contributed by atoms with van der Waals surface area (Å²) in [6.07, 6.45) is 3.22. The molecule has 2 saturated heterocycles. The second-order valence-electron chi connectivity index (χ2n) is 8.74. The van der Waals surface area contributed by atoms with Crippen LogP contribution < -0.4 is 0 Å². The number of benzene rings is 1. The number of halogens is 1. The van der Waals surface area contributed by atoms with Gasteiger partial charge in [-0.3, -0.25) is 14.5 Å². The number of likely N-dealkylation sites (N-methyl/N-ethyl adjacent to an activating group) is 1. The number of hydrogen-bond donors (Lipinski definition) is 0. The van der Waals surface area contributed by atoms with E-state index >= 15 is 0 Å². The Morgan fingerprint density at radius 3 is 2.41 bits per heavy atom. The minimum atomic E-state index is -0.807. The first-order valence-electron chi connectivity index (χ1n) is 10.6. The summed E-state index contributed by atoms with van der Waals surface area (Å²) in [5, 5.41) is 0. The number of rotatable bonds is 2. The van der Waals surface area contributed by atoms with Crippen LogP contribution in [0.4, 0.5) is 4.39 Å². The van der Waals surface area contributed by atoms with Crippen molar-refractivity contribution in [1.82, 2.24) is 14.7 Å². The van der Waals surface area contributed by atoms with Gasteiger partial charge in [0.2, 0.25) is 5.91 Å². The van der Waals surface area contributed by atoms with Gasteiger partial charge in [-0.05, 0) is 50.8 Å². The van der Waals surface area contributed by atoms with E-state index in [1.54, 1.807) is 17.0 Å². The van der Waals surface area contributed by atoms with E-state index in [1.807, 2.05) is 11.9 Å². The molecule has 0 N–H and O–H groups in total. The molecule has 1 atom stereocenters. The predicted octanol–water partition coefficient (Wildman–Crippen LogP) is 2.35. The second kappa shape index (κ2) is 8.03. The number of hydrogen-bond acceptors (Lipinski definition) is 4. The Balaban J connectivity index is 1.64. The molecule has 2 heterocycles. The molecule has 4 rings (SSSR count). The summed E-state index contributed by atoms with van der Waals surface area (Å²) in [7, 11) is 2.03. The van der Waals surface area contributed by atoms with Gasteiger partial charge in [0.05, 0.1) is 12.2 Å². The zero-order chi connectivity index (χ0) is 20.6. The molecule has 7 heteroatoms. The average Bonchev–Trinajstić information content (AvgIpc) is 3.09. The van der Waals surface area contributed by atoms with Crippen molar-refractivity contribution in [1.29, 1.82) is 0 Å². The summed E-state index contributed by atoms with van der Waals surface area (Å²) >= 11 is 0. The van der Waals surface area contributed by atoms with Crippen LogP contribution in [-0.4, -0.2) is 78.1 Å². The highest BCUT2D eigenvalue weighted by atomic mass is 19.1. The highest BCUT2D eigenvalue weighted by molar-refractivity contribution is 5.98. The van der Waals surface area contributed by atoms with Crippen LogP contribution in [0.1, 0.15) is 43.0 Å². The molecule has 1 aliphatic carbocycles. The standard InChI is InChI=1S/C22H30FN3O3/c1-16-7-9-22(10-8-16)26(20(27)17-5-3-4-6-18(17)23)19(15-29-22)21(28)25-13-11-24(2)12-14-25/h3-6,16,19H,7-15H2,1-2H3/t16?,19-,22?/m0/s1. The molecular weight excluding hydrogens is 373 g/mol. The summed E-state index contributed by atoms with van der Waals surface area (Å²) in [5.41, 5.74) is -0.800. The lowest BCUT2D eigenvalue weighted by atomic mass is 9.83. The molecule has 2 aliphatic heterocycles. The average molecular weight is 403 g/mol. The third kappa shape index (κ3) is 3.78. The van der Waals surface area contributed by atoms with Crippen molar-refractivity contribution in [2.75, 3.05) is 39.8 Å². The van der Waals surface area contributed by atoms with E-state index in [4.69, 9.17) is 4.74 Å². The molecule has 1 spiro atoms. The SMILES string of the molecule is CC1CCC2(CC1)OC[C@@H](C(=O)N1CCN(C)CC1)N2C(=O)c1ccccc1F. The number of ether oxygens (including phenoxy) is 1. The van der Waals surface area contributed by atoms with Crippen molar-refractivity contribution in [3.8, 4) is 0 Å². The smallest absolute Gasteiger partial charge is 0.259 e. The van der Waals surface area contributed by atoms with Gasteiger partial charge in [0.15, 0.2) is 0 Å². The van der Waals surface area contributed by atoms with Crippen LogP contribution in [0.2, 0.25) is 0 Å². The van der Waals surface area contributed by atoms with Crippen LogP contribution in [0.5, 0.6) is 0 Å². The minimum absolute atomic E-state index is 0.00664. The maximum absolute atomic E-state index is 14.4. The van der Waals surface area contributed by atoms with E-state index in [0.717, 1.165) is 25.9 Å². The Hall–Kier alpha value is -1.99. The first-order valence-corrected chi connectivity index (χ1v) is 10.6. The van der Waals surface area contributed by atoms with Crippen LogP contribution >= 0.6 is 0 Å². The summed E-state index contributed by atoms with van der Waals surface area (Å²) in [4.78, 5) is 32.5. The molecule has 29 heavy (non-hydrogen) atoms. The van der Waals surface area contributed by atoms with Crippen molar-refractivity contribution in [3.05, 3.63) is 35.6 Å². The molecule has 0 radical (unpaired) electrons. The van der Waals surface area contributed by atoms with Gasteiger partial charge in [0.25, 0.3) is 5.91 Å². The van der Waals surface area contributed by atoms with E-state index < -0.39 is 23.5 Å². The third-order valence-electron chi connectivity index (χ3n) is 6.74. The zero-order valence-corrected chi connectivity index (χ0v) is 17.3. The van der Waals surface area contributed by atoms with Gasteiger partial charge in [-0.1, -0.05) is 19.1 Å². The van der Waals surface area contributed by atoms with Gasteiger partial charge in [-0.15, -0.1) is 0 Å². The first kappa shape index (κ1) is 20.3.